The normalized spacial score (nSPS) is 32.0. The number of halogens is 3. The highest BCUT2D eigenvalue weighted by atomic mass is 19.4. The van der Waals surface area contributed by atoms with Gasteiger partial charge in [-0.3, -0.25) is 0 Å². The van der Waals surface area contributed by atoms with Gasteiger partial charge in [0.2, 0.25) is 0 Å². The standard InChI is InChI=1S/C8H14F3N/c1-2-7-6(8(9,10)11)4-3-5-12-7/h6-7,12H,2-5H2,1H3/t6-,7+/m0/s1. The fourth-order valence-corrected chi connectivity index (χ4v) is 1.77. The fraction of sp³-hybridized carbons (Fsp3) is 1.00. The van der Waals surface area contributed by atoms with Crippen molar-refractivity contribution in [1.29, 1.82) is 0 Å². The third-order valence-corrected chi connectivity index (χ3v) is 2.44. The summed E-state index contributed by atoms with van der Waals surface area (Å²) in [6.07, 6.45) is -2.53. The minimum Gasteiger partial charge on any atom is -0.313 e. The molecule has 0 spiro atoms. The molecule has 1 nitrogen and oxygen atoms in total. The van der Waals surface area contributed by atoms with Gasteiger partial charge in [-0.1, -0.05) is 6.92 Å². The van der Waals surface area contributed by atoms with E-state index in [4.69, 9.17) is 0 Å². The summed E-state index contributed by atoms with van der Waals surface area (Å²) in [5, 5.41) is 2.91. The number of hydrogen-bond donors (Lipinski definition) is 1. The van der Waals surface area contributed by atoms with E-state index in [9.17, 15) is 13.2 Å². The highest BCUT2D eigenvalue weighted by Gasteiger charge is 2.44. The summed E-state index contributed by atoms with van der Waals surface area (Å²) in [6.45, 7) is 2.52. The SMILES string of the molecule is CC[C@H]1NCCC[C@@H]1C(F)(F)F. The van der Waals surface area contributed by atoms with Gasteiger partial charge in [0.15, 0.2) is 0 Å². The van der Waals surface area contributed by atoms with E-state index in [1.54, 1.807) is 6.92 Å². The summed E-state index contributed by atoms with van der Waals surface area (Å²) < 4.78 is 37.0. The largest absolute Gasteiger partial charge is 0.393 e. The Hall–Kier alpha value is -0.250. The summed E-state index contributed by atoms with van der Waals surface area (Å²) in [5.74, 6) is -1.13. The van der Waals surface area contributed by atoms with Gasteiger partial charge in [-0.15, -0.1) is 0 Å². The number of hydrogen-bond acceptors (Lipinski definition) is 1. The molecule has 0 radical (unpaired) electrons. The van der Waals surface area contributed by atoms with Crippen LogP contribution < -0.4 is 5.32 Å². The topological polar surface area (TPSA) is 12.0 Å². The number of piperidine rings is 1. The van der Waals surface area contributed by atoms with E-state index in [0.717, 1.165) is 6.54 Å². The van der Waals surface area contributed by atoms with Crippen LogP contribution in [0.4, 0.5) is 13.2 Å². The third kappa shape index (κ3) is 2.12. The van der Waals surface area contributed by atoms with Crippen LogP contribution in [-0.2, 0) is 0 Å². The lowest BCUT2D eigenvalue weighted by atomic mass is 9.89. The summed E-state index contributed by atoms with van der Waals surface area (Å²) in [6, 6.07) is -0.362. The lowest BCUT2D eigenvalue weighted by Crippen LogP contribution is -2.47. The molecule has 0 aromatic heterocycles. The molecule has 1 N–H and O–H groups in total. The molecule has 0 unspecified atom stereocenters. The van der Waals surface area contributed by atoms with Gasteiger partial charge >= 0.3 is 6.18 Å². The van der Waals surface area contributed by atoms with E-state index in [0.29, 0.717) is 12.8 Å². The molecule has 2 atom stereocenters. The zero-order valence-electron chi connectivity index (χ0n) is 7.12. The molecule has 0 saturated carbocycles. The fourth-order valence-electron chi connectivity index (χ4n) is 1.77. The minimum atomic E-state index is -4.02. The quantitative estimate of drug-likeness (QED) is 0.654. The molecule has 0 amide bonds. The molecule has 1 saturated heterocycles. The van der Waals surface area contributed by atoms with E-state index < -0.39 is 12.1 Å². The second-order valence-electron chi connectivity index (χ2n) is 3.26. The first kappa shape index (κ1) is 9.84. The van der Waals surface area contributed by atoms with Crippen molar-refractivity contribution in [3.63, 3.8) is 0 Å². The van der Waals surface area contributed by atoms with Crippen molar-refractivity contribution >= 4 is 0 Å². The van der Waals surface area contributed by atoms with Gasteiger partial charge < -0.3 is 5.32 Å². The predicted molar refractivity (Wildman–Crippen MR) is 40.9 cm³/mol. The molecule has 1 aliphatic heterocycles. The molecular weight excluding hydrogens is 167 g/mol. The van der Waals surface area contributed by atoms with Gasteiger partial charge in [-0.25, -0.2) is 0 Å². The molecule has 1 heterocycles. The molecule has 72 valence electrons. The van der Waals surface area contributed by atoms with Crippen LogP contribution in [0.3, 0.4) is 0 Å². The van der Waals surface area contributed by atoms with Gasteiger partial charge in [0.05, 0.1) is 5.92 Å². The van der Waals surface area contributed by atoms with E-state index in [1.165, 1.54) is 0 Å². The molecule has 0 aliphatic carbocycles. The molecular formula is C8H14F3N. The molecule has 0 aromatic rings. The zero-order chi connectivity index (χ0) is 9.19. The maximum absolute atomic E-state index is 12.3. The summed E-state index contributed by atoms with van der Waals surface area (Å²) >= 11 is 0. The number of nitrogens with one attached hydrogen (secondary N) is 1. The van der Waals surface area contributed by atoms with Crippen LogP contribution in [0, 0.1) is 5.92 Å². The van der Waals surface area contributed by atoms with Crippen molar-refractivity contribution in [2.75, 3.05) is 6.54 Å². The highest BCUT2D eigenvalue weighted by Crippen LogP contribution is 2.35. The first-order valence-electron chi connectivity index (χ1n) is 4.35. The van der Waals surface area contributed by atoms with Crippen LogP contribution >= 0.6 is 0 Å². The van der Waals surface area contributed by atoms with Gasteiger partial charge in [-0.2, -0.15) is 13.2 Å². The van der Waals surface area contributed by atoms with E-state index in [2.05, 4.69) is 5.32 Å². The Bertz CT molecular complexity index is 144. The van der Waals surface area contributed by atoms with Crippen molar-refractivity contribution in [1.82, 2.24) is 5.32 Å². The van der Waals surface area contributed by atoms with Crippen LogP contribution in [-0.4, -0.2) is 18.8 Å². The summed E-state index contributed by atoms with van der Waals surface area (Å²) in [5.41, 5.74) is 0. The lowest BCUT2D eigenvalue weighted by molar-refractivity contribution is -0.188. The Balaban J connectivity index is 2.59. The second kappa shape index (κ2) is 3.64. The molecule has 0 bridgehead atoms. The molecule has 1 fully saturated rings. The van der Waals surface area contributed by atoms with Gasteiger partial charge in [0.25, 0.3) is 0 Å². The highest BCUT2D eigenvalue weighted by molar-refractivity contribution is 4.84. The van der Waals surface area contributed by atoms with Gasteiger partial charge in [0.1, 0.15) is 0 Å². The van der Waals surface area contributed by atoms with Crippen LogP contribution in [0.5, 0.6) is 0 Å². The van der Waals surface area contributed by atoms with Crippen LogP contribution in [0.25, 0.3) is 0 Å². The van der Waals surface area contributed by atoms with Crippen molar-refractivity contribution in [2.24, 2.45) is 5.92 Å². The molecule has 1 rings (SSSR count). The second-order valence-corrected chi connectivity index (χ2v) is 3.26. The van der Waals surface area contributed by atoms with E-state index >= 15 is 0 Å². The minimum absolute atomic E-state index is 0.287. The van der Waals surface area contributed by atoms with Crippen LogP contribution in [0.2, 0.25) is 0 Å². The smallest absolute Gasteiger partial charge is 0.313 e. The zero-order valence-corrected chi connectivity index (χ0v) is 7.12. The first-order chi connectivity index (χ1) is 5.55. The maximum atomic E-state index is 12.3. The first-order valence-corrected chi connectivity index (χ1v) is 4.35. The Morgan fingerprint density at radius 3 is 2.50 bits per heavy atom. The molecule has 4 heteroatoms. The summed E-state index contributed by atoms with van der Waals surface area (Å²) in [4.78, 5) is 0. The maximum Gasteiger partial charge on any atom is 0.393 e. The van der Waals surface area contributed by atoms with Crippen LogP contribution in [0.15, 0.2) is 0 Å². The summed E-state index contributed by atoms with van der Waals surface area (Å²) in [7, 11) is 0. The van der Waals surface area contributed by atoms with Crippen molar-refractivity contribution in [3.05, 3.63) is 0 Å². The molecule has 1 aliphatic rings. The van der Waals surface area contributed by atoms with Crippen LogP contribution in [0.1, 0.15) is 26.2 Å². The Morgan fingerprint density at radius 2 is 2.08 bits per heavy atom. The Kier molecular flexibility index (Phi) is 2.99. The molecule has 0 aromatic carbocycles. The average molecular weight is 181 g/mol. The predicted octanol–water partition coefficient (Wildman–Crippen LogP) is 2.33. The number of rotatable bonds is 1. The number of alkyl halides is 3. The molecule has 12 heavy (non-hydrogen) atoms. The van der Waals surface area contributed by atoms with E-state index in [-0.39, 0.29) is 12.5 Å². The Morgan fingerprint density at radius 1 is 1.42 bits per heavy atom. The monoisotopic (exact) mass is 181 g/mol. The third-order valence-electron chi connectivity index (χ3n) is 2.44. The van der Waals surface area contributed by atoms with Gasteiger partial charge in [-0.05, 0) is 25.8 Å². The Labute approximate surface area is 70.3 Å². The van der Waals surface area contributed by atoms with Crippen molar-refractivity contribution in [2.45, 2.75) is 38.4 Å². The van der Waals surface area contributed by atoms with Gasteiger partial charge in [0, 0.05) is 6.04 Å². The van der Waals surface area contributed by atoms with E-state index in [1.807, 2.05) is 0 Å². The van der Waals surface area contributed by atoms with Crippen molar-refractivity contribution < 1.29 is 13.2 Å². The average Bonchev–Trinajstić information content (AvgIpc) is 2.03. The lowest BCUT2D eigenvalue weighted by Gasteiger charge is -2.33. The van der Waals surface area contributed by atoms with Crippen molar-refractivity contribution in [3.8, 4) is 0 Å².